The van der Waals surface area contributed by atoms with Crippen LogP contribution < -0.4 is 20.7 Å². The molecule has 0 heterocycles. The Labute approximate surface area is 147 Å². The van der Waals surface area contributed by atoms with Gasteiger partial charge in [0.15, 0.2) is 0 Å². The Morgan fingerprint density at radius 2 is 1.64 bits per heavy atom. The van der Waals surface area contributed by atoms with Crippen molar-refractivity contribution in [2.45, 2.75) is 19.8 Å². The Morgan fingerprint density at radius 1 is 0.960 bits per heavy atom. The van der Waals surface area contributed by atoms with Gasteiger partial charge >= 0.3 is 0 Å². The number of methoxy groups -OCH3 is 1. The number of amides is 2. The van der Waals surface area contributed by atoms with Gasteiger partial charge in [0.1, 0.15) is 5.75 Å². The molecule has 0 saturated carbocycles. The molecule has 0 aliphatic carbocycles. The van der Waals surface area contributed by atoms with Gasteiger partial charge in [0.25, 0.3) is 0 Å². The molecule has 0 atom stereocenters. The normalized spacial score (nSPS) is 10.0. The fourth-order valence-corrected chi connectivity index (χ4v) is 2.30. The van der Waals surface area contributed by atoms with E-state index in [1.807, 2.05) is 31.2 Å². The molecular weight excluding hydrogens is 318 g/mol. The third kappa shape index (κ3) is 5.84. The number of anilines is 3. The first-order valence-corrected chi connectivity index (χ1v) is 8.19. The predicted molar refractivity (Wildman–Crippen MR) is 100 cm³/mol. The van der Waals surface area contributed by atoms with Crippen LogP contribution in [0.5, 0.6) is 5.75 Å². The Morgan fingerprint density at radius 3 is 2.32 bits per heavy atom. The van der Waals surface area contributed by atoms with E-state index in [0.29, 0.717) is 23.5 Å². The topological polar surface area (TPSA) is 79.5 Å². The minimum absolute atomic E-state index is 0.0381. The minimum Gasteiger partial charge on any atom is -0.495 e. The highest BCUT2D eigenvalue weighted by atomic mass is 16.5. The maximum atomic E-state index is 12.1. The third-order valence-electron chi connectivity index (χ3n) is 3.45. The lowest BCUT2D eigenvalue weighted by Gasteiger charge is -2.12. The molecule has 2 rings (SSSR count). The summed E-state index contributed by atoms with van der Waals surface area (Å²) in [7, 11) is 1.58. The summed E-state index contributed by atoms with van der Waals surface area (Å²) >= 11 is 0. The lowest BCUT2D eigenvalue weighted by Crippen LogP contribution is -2.22. The second-order valence-corrected chi connectivity index (χ2v) is 5.48. The third-order valence-corrected chi connectivity index (χ3v) is 3.45. The molecule has 3 N–H and O–H groups in total. The standard InChI is InChI=1S/C19H23N3O3/c1-3-7-18(23)21-14-8-6-9-15(12-14)22-19(24)13-20-16-10-4-5-11-17(16)25-2/h4-6,8-12,20H,3,7,13H2,1-2H3,(H,21,23)(H,22,24). The Bertz CT molecular complexity index is 731. The fourth-order valence-electron chi connectivity index (χ4n) is 2.30. The van der Waals surface area contributed by atoms with E-state index in [1.165, 1.54) is 0 Å². The lowest BCUT2D eigenvalue weighted by atomic mass is 10.2. The van der Waals surface area contributed by atoms with Crippen LogP contribution in [0, 0.1) is 0 Å². The largest absolute Gasteiger partial charge is 0.495 e. The molecular formula is C19H23N3O3. The summed E-state index contributed by atoms with van der Waals surface area (Å²) in [5.41, 5.74) is 2.04. The van der Waals surface area contributed by atoms with E-state index in [2.05, 4.69) is 16.0 Å². The van der Waals surface area contributed by atoms with Gasteiger partial charge in [0.05, 0.1) is 19.3 Å². The first kappa shape index (κ1) is 18.3. The second kappa shape index (κ2) is 9.32. The molecule has 0 fully saturated rings. The van der Waals surface area contributed by atoms with Crippen LogP contribution in [0.1, 0.15) is 19.8 Å². The fraction of sp³-hybridized carbons (Fsp3) is 0.263. The zero-order chi connectivity index (χ0) is 18.1. The van der Waals surface area contributed by atoms with Crippen molar-refractivity contribution in [1.29, 1.82) is 0 Å². The summed E-state index contributed by atoms with van der Waals surface area (Å²) in [5.74, 6) is 0.447. The predicted octanol–water partition coefficient (Wildman–Crippen LogP) is 3.48. The number of hydrogen-bond acceptors (Lipinski definition) is 4. The van der Waals surface area contributed by atoms with Gasteiger partial charge in [-0.25, -0.2) is 0 Å². The van der Waals surface area contributed by atoms with Crippen LogP contribution in [0.3, 0.4) is 0 Å². The van der Waals surface area contributed by atoms with Gasteiger partial charge in [-0.2, -0.15) is 0 Å². The number of nitrogens with one attached hydrogen (secondary N) is 3. The van der Waals surface area contributed by atoms with E-state index in [9.17, 15) is 9.59 Å². The summed E-state index contributed by atoms with van der Waals surface area (Å²) in [6.07, 6.45) is 1.26. The Hall–Kier alpha value is -3.02. The van der Waals surface area contributed by atoms with Gasteiger partial charge in [-0.15, -0.1) is 0 Å². The average Bonchev–Trinajstić information content (AvgIpc) is 2.60. The van der Waals surface area contributed by atoms with Crippen LogP contribution in [0.4, 0.5) is 17.1 Å². The summed E-state index contributed by atoms with van der Waals surface area (Å²) in [4.78, 5) is 23.8. The molecule has 2 aromatic carbocycles. The summed E-state index contributed by atoms with van der Waals surface area (Å²) in [5, 5.41) is 8.65. The van der Waals surface area contributed by atoms with Crippen molar-refractivity contribution in [3.05, 3.63) is 48.5 Å². The minimum atomic E-state index is -0.192. The summed E-state index contributed by atoms with van der Waals surface area (Å²) in [6.45, 7) is 2.05. The van der Waals surface area contributed by atoms with Crippen molar-refractivity contribution in [2.75, 3.05) is 29.6 Å². The van der Waals surface area contributed by atoms with Crippen molar-refractivity contribution in [2.24, 2.45) is 0 Å². The smallest absolute Gasteiger partial charge is 0.243 e. The first-order valence-electron chi connectivity index (χ1n) is 8.19. The molecule has 2 amide bonds. The molecule has 0 unspecified atom stereocenters. The second-order valence-electron chi connectivity index (χ2n) is 5.48. The zero-order valence-electron chi connectivity index (χ0n) is 14.5. The highest BCUT2D eigenvalue weighted by Gasteiger charge is 2.07. The van der Waals surface area contributed by atoms with Crippen molar-refractivity contribution in [3.8, 4) is 5.75 Å². The maximum Gasteiger partial charge on any atom is 0.243 e. The van der Waals surface area contributed by atoms with Crippen molar-refractivity contribution in [3.63, 3.8) is 0 Å². The number of benzene rings is 2. The molecule has 6 heteroatoms. The SMILES string of the molecule is CCCC(=O)Nc1cccc(NC(=O)CNc2ccccc2OC)c1. The van der Waals surface area contributed by atoms with Crippen LogP contribution in [0.2, 0.25) is 0 Å². The van der Waals surface area contributed by atoms with E-state index in [1.54, 1.807) is 31.4 Å². The van der Waals surface area contributed by atoms with E-state index in [-0.39, 0.29) is 18.4 Å². The molecule has 0 aliphatic heterocycles. The highest BCUT2D eigenvalue weighted by molar-refractivity contribution is 5.95. The number of ether oxygens (including phenoxy) is 1. The van der Waals surface area contributed by atoms with Crippen LogP contribution in [-0.4, -0.2) is 25.5 Å². The molecule has 0 spiro atoms. The molecule has 132 valence electrons. The quantitative estimate of drug-likeness (QED) is 0.687. The highest BCUT2D eigenvalue weighted by Crippen LogP contribution is 2.22. The van der Waals surface area contributed by atoms with E-state index < -0.39 is 0 Å². The van der Waals surface area contributed by atoms with Gasteiger partial charge < -0.3 is 20.7 Å². The first-order chi connectivity index (χ1) is 12.1. The monoisotopic (exact) mass is 341 g/mol. The number of carbonyl (C=O) groups excluding carboxylic acids is 2. The van der Waals surface area contributed by atoms with Crippen molar-refractivity contribution < 1.29 is 14.3 Å². The van der Waals surface area contributed by atoms with E-state index >= 15 is 0 Å². The van der Waals surface area contributed by atoms with E-state index in [4.69, 9.17) is 4.74 Å². The van der Waals surface area contributed by atoms with Gasteiger partial charge in [0.2, 0.25) is 11.8 Å². The van der Waals surface area contributed by atoms with Gasteiger partial charge in [-0.1, -0.05) is 25.1 Å². The van der Waals surface area contributed by atoms with Crippen LogP contribution in [-0.2, 0) is 9.59 Å². The van der Waals surface area contributed by atoms with Crippen LogP contribution in [0.15, 0.2) is 48.5 Å². The summed E-state index contributed by atoms with van der Waals surface area (Å²) < 4.78 is 5.23. The molecule has 6 nitrogen and oxygen atoms in total. The Balaban J connectivity index is 1.91. The van der Waals surface area contributed by atoms with Crippen LogP contribution in [0.25, 0.3) is 0 Å². The molecule has 0 bridgehead atoms. The van der Waals surface area contributed by atoms with Crippen molar-refractivity contribution >= 4 is 28.9 Å². The lowest BCUT2D eigenvalue weighted by molar-refractivity contribution is -0.116. The van der Waals surface area contributed by atoms with Gasteiger partial charge in [0, 0.05) is 17.8 Å². The van der Waals surface area contributed by atoms with E-state index in [0.717, 1.165) is 12.1 Å². The Kier molecular flexibility index (Phi) is 6.83. The number of hydrogen-bond donors (Lipinski definition) is 3. The van der Waals surface area contributed by atoms with Gasteiger partial charge in [-0.05, 0) is 36.8 Å². The van der Waals surface area contributed by atoms with Crippen molar-refractivity contribution in [1.82, 2.24) is 0 Å². The zero-order valence-corrected chi connectivity index (χ0v) is 14.5. The number of para-hydroxylation sites is 2. The maximum absolute atomic E-state index is 12.1. The number of carbonyl (C=O) groups is 2. The molecule has 0 aromatic heterocycles. The molecule has 0 radical (unpaired) electrons. The average molecular weight is 341 g/mol. The molecule has 0 saturated heterocycles. The molecule has 25 heavy (non-hydrogen) atoms. The molecule has 2 aromatic rings. The van der Waals surface area contributed by atoms with Crippen LogP contribution >= 0.6 is 0 Å². The summed E-state index contributed by atoms with van der Waals surface area (Å²) in [6, 6.07) is 14.5. The number of rotatable bonds is 8. The molecule has 0 aliphatic rings. The van der Waals surface area contributed by atoms with Gasteiger partial charge in [-0.3, -0.25) is 9.59 Å².